The van der Waals surface area contributed by atoms with Gasteiger partial charge in [-0.3, -0.25) is 0 Å². The smallest absolute Gasteiger partial charge is 0.219 e. The molecule has 0 saturated carbocycles. The fraction of sp³-hybridized carbons (Fsp3) is 0.154. The first-order valence-electron chi connectivity index (χ1n) is 5.25. The predicted molar refractivity (Wildman–Crippen MR) is 62.6 cm³/mol. The largest absolute Gasteiger partial charge is 0.439 e. The SMILES string of the molecule is OCc1ccc(Oc2cc(CO)ccn2)cc1. The molecule has 2 N–H and O–H groups in total. The Hall–Kier alpha value is -1.91. The number of hydrogen-bond acceptors (Lipinski definition) is 4. The van der Waals surface area contributed by atoms with Crippen LogP contribution in [0.4, 0.5) is 0 Å². The van der Waals surface area contributed by atoms with Gasteiger partial charge in [0.05, 0.1) is 13.2 Å². The topological polar surface area (TPSA) is 62.6 Å². The van der Waals surface area contributed by atoms with Gasteiger partial charge in [-0.05, 0) is 29.3 Å². The molecular formula is C13H13NO3. The van der Waals surface area contributed by atoms with Gasteiger partial charge in [-0.1, -0.05) is 12.1 Å². The molecule has 1 aromatic heterocycles. The van der Waals surface area contributed by atoms with Crippen LogP contribution in [-0.4, -0.2) is 15.2 Å². The van der Waals surface area contributed by atoms with Crippen LogP contribution < -0.4 is 4.74 Å². The van der Waals surface area contributed by atoms with E-state index in [0.717, 1.165) is 11.1 Å². The van der Waals surface area contributed by atoms with E-state index in [-0.39, 0.29) is 13.2 Å². The summed E-state index contributed by atoms with van der Waals surface area (Å²) in [6.07, 6.45) is 1.59. The molecule has 1 heterocycles. The maximum absolute atomic E-state index is 8.99. The maximum Gasteiger partial charge on any atom is 0.219 e. The first kappa shape index (κ1) is 11.6. The molecule has 0 radical (unpaired) electrons. The number of ether oxygens (including phenoxy) is 1. The predicted octanol–water partition coefficient (Wildman–Crippen LogP) is 1.86. The van der Waals surface area contributed by atoms with Gasteiger partial charge in [0.25, 0.3) is 0 Å². The highest BCUT2D eigenvalue weighted by Crippen LogP contribution is 2.20. The van der Waals surface area contributed by atoms with Gasteiger partial charge >= 0.3 is 0 Å². The van der Waals surface area contributed by atoms with Crippen LogP contribution in [0.3, 0.4) is 0 Å². The summed E-state index contributed by atoms with van der Waals surface area (Å²) in [5, 5.41) is 17.9. The molecule has 0 fully saturated rings. The molecule has 0 amide bonds. The van der Waals surface area contributed by atoms with Gasteiger partial charge in [-0.15, -0.1) is 0 Å². The van der Waals surface area contributed by atoms with E-state index < -0.39 is 0 Å². The van der Waals surface area contributed by atoms with Gasteiger partial charge in [0.2, 0.25) is 5.88 Å². The summed E-state index contributed by atoms with van der Waals surface area (Å²) in [5.41, 5.74) is 1.58. The minimum Gasteiger partial charge on any atom is -0.439 e. The van der Waals surface area contributed by atoms with E-state index >= 15 is 0 Å². The standard InChI is InChI=1S/C13H13NO3/c15-8-10-1-3-12(4-2-10)17-13-7-11(9-16)5-6-14-13/h1-7,15-16H,8-9H2. The van der Waals surface area contributed by atoms with Gasteiger partial charge in [0, 0.05) is 12.3 Å². The normalized spacial score (nSPS) is 10.2. The van der Waals surface area contributed by atoms with E-state index in [4.69, 9.17) is 14.9 Å². The van der Waals surface area contributed by atoms with E-state index in [1.165, 1.54) is 0 Å². The molecule has 0 atom stereocenters. The zero-order valence-corrected chi connectivity index (χ0v) is 9.21. The summed E-state index contributed by atoms with van der Waals surface area (Å²) in [5.74, 6) is 1.08. The second-order valence-electron chi connectivity index (χ2n) is 3.56. The Morgan fingerprint density at radius 3 is 2.29 bits per heavy atom. The zero-order chi connectivity index (χ0) is 12.1. The molecule has 0 saturated heterocycles. The van der Waals surface area contributed by atoms with Gasteiger partial charge in [0.15, 0.2) is 0 Å². The first-order valence-corrected chi connectivity index (χ1v) is 5.25. The Labute approximate surface area is 99.1 Å². The number of hydrogen-bond donors (Lipinski definition) is 2. The molecule has 0 spiro atoms. The van der Waals surface area contributed by atoms with Crippen molar-refractivity contribution in [2.45, 2.75) is 13.2 Å². The van der Waals surface area contributed by atoms with Gasteiger partial charge in [-0.2, -0.15) is 0 Å². The molecule has 2 rings (SSSR count). The lowest BCUT2D eigenvalue weighted by atomic mass is 10.2. The molecule has 0 unspecified atom stereocenters. The zero-order valence-electron chi connectivity index (χ0n) is 9.21. The van der Waals surface area contributed by atoms with Crippen LogP contribution >= 0.6 is 0 Å². The van der Waals surface area contributed by atoms with Crippen molar-refractivity contribution >= 4 is 0 Å². The van der Waals surface area contributed by atoms with Crippen molar-refractivity contribution < 1.29 is 14.9 Å². The minimum atomic E-state index is -0.0394. The molecule has 4 nitrogen and oxygen atoms in total. The molecule has 17 heavy (non-hydrogen) atoms. The third-order valence-electron chi connectivity index (χ3n) is 2.31. The number of aliphatic hydroxyl groups is 2. The second kappa shape index (κ2) is 5.43. The van der Waals surface area contributed by atoms with E-state index in [1.807, 2.05) is 0 Å². The van der Waals surface area contributed by atoms with Gasteiger partial charge in [0.1, 0.15) is 5.75 Å². The van der Waals surface area contributed by atoms with Crippen LogP contribution in [0.25, 0.3) is 0 Å². The van der Waals surface area contributed by atoms with Crippen molar-refractivity contribution in [3.8, 4) is 11.6 Å². The number of pyridine rings is 1. The third kappa shape index (κ3) is 3.03. The van der Waals surface area contributed by atoms with Crippen molar-refractivity contribution in [3.05, 3.63) is 53.7 Å². The molecule has 2 aromatic rings. The number of aliphatic hydroxyl groups excluding tert-OH is 2. The van der Waals surface area contributed by atoms with Gasteiger partial charge in [-0.25, -0.2) is 4.98 Å². The monoisotopic (exact) mass is 231 g/mol. The van der Waals surface area contributed by atoms with E-state index in [9.17, 15) is 0 Å². The summed E-state index contributed by atoms with van der Waals surface area (Å²) in [6, 6.07) is 10.5. The molecule has 0 aliphatic carbocycles. The molecule has 1 aromatic carbocycles. The summed E-state index contributed by atoms with van der Waals surface area (Å²) in [6.45, 7) is -0.0269. The van der Waals surface area contributed by atoms with Crippen molar-refractivity contribution in [3.63, 3.8) is 0 Å². The summed E-state index contributed by atoms with van der Waals surface area (Å²) >= 11 is 0. The lowest BCUT2D eigenvalue weighted by Gasteiger charge is -2.06. The number of aromatic nitrogens is 1. The van der Waals surface area contributed by atoms with Gasteiger partial charge < -0.3 is 14.9 Å². The average Bonchev–Trinajstić information content (AvgIpc) is 2.40. The molecule has 4 heteroatoms. The highest BCUT2D eigenvalue weighted by molar-refractivity contribution is 5.31. The maximum atomic E-state index is 8.99. The quantitative estimate of drug-likeness (QED) is 0.843. The fourth-order valence-corrected chi connectivity index (χ4v) is 1.39. The van der Waals surface area contributed by atoms with Crippen LogP contribution in [0.5, 0.6) is 11.6 Å². The first-order chi connectivity index (χ1) is 8.31. The van der Waals surface area contributed by atoms with E-state index in [0.29, 0.717) is 11.6 Å². The Balaban J connectivity index is 2.13. The molecule has 0 aliphatic heterocycles. The highest BCUT2D eigenvalue weighted by atomic mass is 16.5. The summed E-state index contributed by atoms with van der Waals surface area (Å²) in [4.78, 5) is 4.04. The van der Waals surface area contributed by atoms with Crippen LogP contribution in [0.2, 0.25) is 0 Å². The fourth-order valence-electron chi connectivity index (χ4n) is 1.39. The van der Waals surface area contributed by atoms with E-state index in [2.05, 4.69) is 4.98 Å². The van der Waals surface area contributed by atoms with Crippen molar-refractivity contribution in [1.29, 1.82) is 0 Å². The Kier molecular flexibility index (Phi) is 3.69. The molecular weight excluding hydrogens is 218 g/mol. The highest BCUT2D eigenvalue weighted by Gasteiger charge is 2.00. The minimum absolute atomic E-state index is 0.0124. The molecule has 88 valence electrons. The van der Waals surface area contributed by atoms with Crippen LogP contribution in [-0.2, 0) is 13.2 Å². The van der Waals surface area contributed by atoms with Crippen molar-refractivity contribution in [1.82, 2.24) is 4.98 Å². The number of nitrogens with zero attached hydrogens (tertiary/aromatic N) is 1. The van der Waals surface area contributed by atoms with Crippen molar-refractivity contribution in [2.24, 2.45) is 0 Å². The Morgan fingerprint density at radius 1 is 0.941 bits per heavy atom. The second-order valence-corrected chi connectivity index (χ2v) is 3.56. The summed E-state index contributed by atoms with van der Waals surface area (Å²) < 4.78 is 5.52. The average molecular weight is 231 g/mol. The van der Waals surface area contributed by atoms with Crippen molar-refractivity contribution in [2.75, 3.05) is 0 Å². The Morgan fingerprint density at radius 2 is 1.65 bits per heavy atom. The Bertz CT molecular complexity index is 482. The van der Waals surface area contributed by atoms with Crippen LogP contribution in [0.1, 0.15) is 11.1 Å². The van der Waals surface area contributed by atoms with E-state index in [1.54, 1.807) is 42.6 Å². The number of benzene rings is 1. The third-order valence-corrected chi connectivity index (χ3v) is 2.31. The van der Waals surface area contributed by atoms with Crippen LogP contribution in [0, 0.1) is 0 Å². The summed E-state index contributed by atoms with van der Waals surface area (Å²) in [7, 11) is 0. The number of rotatable bonds is 4. The van der Waals surface area contributed by atoms with Crippen LogP contribution in [0.15, 0.2) is 42.6 Å². The lowest BCUT2D eigenvalue weighted by molar-refractivity contribution is 0.280. The lowest BCUT2D eigenvalue weighted by Crippen LogP contribution is -1.91. The molecule has 0 bridgehead atoms. The molecule has 0 aliphatic rings.